The summed E-state index contributed by atoms with van der Waals surface area (Å²) in [5.41, 5.74) is 0.303. The fourth-order valence-electron chi connectivity index (χ4n) is 1.84. The maximum atomic E-state index is 12.1. The highest BCUT2D eigenvalue weighted by atomic mass is 35.5. The number of rotatable bonds is 5. The van der Waals surface area contributed by atoms with Crippen LogP contribution < -0.4 is 5.32 Å². The first-order valence-electron chi connectivity index (χ1n) is 6.31. The molecule has 19 heavy (non-hydrogen) atoms. The van der Waals surface area contributed by atoms with Crippen LogP contribution in [0.1, 0.15) is 32.8 Å². The minimum atomic E-state index is -0.569. The Labute approximate surface area is 119 Å². The Hall–Kier alpha value is -1.26. The lowest BCUT2D eigenvalue weighted by Crippen LogP contribution is -2.48. The van der Waals surface area contributed by atoms with E-state index in [4.69, 9.17) is 16.4 Å². The van der Waals surface area contributed by atoms with E-state index in [0.717, 1.165) is 12.0 Å². The maximum Gasteiger partial charge on any atom is 0.341 e. The number of hydroxylamine groups is 2. The average molecular weight is 285 g/mol. The lowest BCUT2D eigenvalue weighted by Gasteiger charge is -2.30. The van der Waals surface area contributed by atoms with Crippen molar-refractivity contribution in [2.75, 3.05) is 13.7 Å². The van der Waals surface area contributed by atoms with Crippen molar-refractivity contribution in [3.8, 4) is 0 Å². The third-order valence-electron chi connectivity index (χ3n) is 2.84. The third kappa shape index (κ3) is 4.11. The molecule has 1 aromatic carbocycles. The number of urea groups is 1. The molecule has 0 aromatic heterocycles. The second-order valence-electron chi connectivity index (χ2n) is 4.82. The predicted molar refractivity (Wildman–Crippen MR) is 77.0 cm³/mol. The molecular weight excluding hydrogens is 264 g/mol. The first kappa shape index (κ1) is 15.8. The highest BCUT2D eigenvalue weighted by Gasteiger charge is 2.27. The molecule has 2 amide bonds. The molecule has 4 nitrogen and oxygen atoms in total. The van der Waals surface area contributed by atoms with Gasteiger partial charge < -0.3 is 5.32 Å². The number of hydrogen-bond acceptors (Lipinski definition) is 2. The highest BCUT2D eigenvalue weighted by Crippen LogP contribution is 2.27. The lowest BCUT2D eigenvalue weighted by atomic mass is 9.94. The first-order valence-corrected chi connectivity index (χ1v) is 6.69. The van der Waals surface area contributed by atoms with Crippen LogP contribution in [0.25, 0.3) is 0 Å². The normalized spacial score (nSPS) is 11.2. The molecule has 0 aliphatic rings. The second-order valence-corrected chi connectivity index (χ2v) is 5.23. The summed E-state index contributed by atoms with van der Waals surface area (Å²) in [5, 5.41) is 4.86. The molecule has 0 aliphatic carbocycles. The van der Waals surface area contributed by atoms with E-state index in [-0.39, 0.29) is 6.03 Å². The zero-order valence-electron chi connectivity index (χ0n) is 11.9. The number of hydrogen-bond donors (Lipinski definition) is 1. The summed E-state index contributed by atoms with van der Waals surface area (Å²) in [7, 11) is 1.48. The molecule has 0 atom stereocenters. The van der Waals surface area contributed by atoms with Crippen molar-refractivity contribution in [3.05, 3.63) is 34.9 Å². The van der Waals surface area contributed by atoms with Gasteiger partial charge in [-0.3, -0.25) is 4.84 Å². The van der Waals surface area contributed by atoms with Crippen molar-refractivity contribution in [3.63, 3.8) is 0 Å². The molecule has 0 bridgehead atoms. The first-order chi connectivity index (χ1) is 8.92. The predicted octanol–water partition coefficient (Wildman–Crippen LogP) is 3.56. The second kappa shape index (κ2) is 6.78. The Bertz CT molecular complexity index is 435. The van der Waals surface area contributed by atoms with Crippen LogP contribution in [0, 0.1) is 0 Å². The number of nitrogens with one attached hydrogen (secondary N) is 1. The van der Waals surface area contributed by atoms with E-state index in [9.17, 15) is 4.79 Å². The van der Waals surface area contributed by atoms with Gasteiger partial charge in [0, 0.05) is 5.02 Å². The lowest BCUT2D eigenvalue weighted by molar-refractivity contribution is -0.0876. The molecule has 106 valence electrons. The van der Waals surface area contributed by atoms with Crippen LogP contribution in [0.15, 0.2) is 24.3 Å². The topological polar surface area (TPSA) is 41.6 Å². The van der Waals surface area contributed by atoms with Crippen LogP contribution >= 0.6 is 11.6 Å². The van der Waals surface area contributed by atoms with Crippen molar-refractivity contribution in [1.82, 2.24) is 10.4 Å². The fraction of sp³-hybridized carbons (Fsp3) is 0.500. The molecule has 1 aromatic rings. The number of halogens is 1. The molecule has 0 saturated carbocycles. The van der Waals surface area contributed by atoms with E-state index in [1.165, 1.54) is 12.2 Å². The molecule has 0 spiro atoms. The molecule has 0 fully saturated rings. The van der Waals surface area contributed by atoms with Gasteiger partial charge in [0.05, 0.1) is 19.2 Å². The maximum absolute atomic E-state index is 12.1. The zero-order chi connectivity index (χ0) is 14.5. The molecule has 1 N–H and O–H groups in total. The molecule has 1 rings (SSSR count). The minimum absolute atomic E-state index is 0.269. The number of nitrogens with zero attached hydrogens (tertiary/aromatic N) is 1. The van der Waals surface area contributed by atoms with E-state index in [0.29, 0.717) is 11.6 Å². The standard InChI is InChI=1S/C14H21ClN2O2/c1-5-10-17(19-4)13(18)16-14(2,3)11-8-6-7-9-12(11)15/h6-9H,5,10H2,1-4H3,(H,16,18). The summed E-state index contributed by atoms with van der Waals surface area (Å²) >= 11 is 6.17. The largest absolute Gasteiger partial charge is 0.341 e. The van der Waals surface area contributed by atoms with Crippen LogP contribution in [0.5, 0.6) is 0 Å². The molecule has 0 heterocycles. The zero-order valence-corrected chi connectivity index (χ0v) is 12.6. The Morgan fingerprint density at radius 2 is 2.05 bits per heavy atom. The van der Waals surface area contributed by atoms with Gasteiger partial charge >= 0.3 is 6.03 Å². The minimum Gasteiger partial charge on any atom is -0.327 e. The molecule has 0 unspecified atom stereocenters. The summed E-state index contributed by atoms with van der Waals surface area (Å²) < 4.78 is 0. The van der Waals surface area contributed by atoms with E-state index >= 15 is 0 Å². The van der Waals surface area contributed by atoms with Crippen LogP contribution in [-0.2, 0) is 10.4 Å². The van der Waals surface area contributed by atoms with Gasteiger partial charge in [-0.05, 0) is 31.9 Å². The third-order valence-corrected chi connectivity index (χ3v) is 3.17. The van der Waals surface area contributed by atoms with Crippen molar-refractivity contribution < 1.29 is 9.63 Å². The van der Waals surface area contributed by atoms with E-state index in [1.807, 2.05) is 45.0 Å². The summed E-state index contributed by atoms with van der Waals surface area (Å²) in [5.74, 6) is 0. The molecular formula is C14H21ClN2O2. The van der Waals surface area contributed by atoms with Gasteiger partial charge in [-0.15, -0.1) is 0 Å². The van der Waals surface area contributed by atoms with Crippen LogP contribution in [0.2, 0.25) is 5.02 Å². The van der Waals surface area contributed by atoms with Gasteiger partial charge in [0.25, 0.3) is 0 Å². The van der Waals surface area contributed by atoms with Gasteiger partial charge in [-0.1, -0.05) is 36.7 Å². The number of benzene rings is 1. The Kier molecular flexibility index (Phi) is 5.63. The van der Waals surface area contributed by atoms with Crippen LogP contribution in [0.4, 0.5) is 4.79 Å². The Morgan fingerprint density at radius 1 is 1.42 bits per heavy atom. The van der Waals surface area contributed by atoms with Gasteiger partial charge in [0.15, 0.2) is 0 Å². The van der Waals surface area contributed by atoms with Gasteiger partial charge in [0.2, 0.25) is 0 Å². The van der Waals surface area contributed by atoms with Crippen LogP contribution in [0.3, 0.4) is 0 Å². The Balaban J connectivity index is 2.85. The molecule has 0 saturated heterocycles. The quantitative estimate of drug-likeness (QED) is 0.840. The van der Waals surface area contributed by atoms with Gasteiger partial charge in [-0.2, -0.15) is 0 Å². The Morgan fingerprint density at radius 3 is 2.58 bits per heavy atom. The van der Waals surface area contributed by atoms with Gasteiger partial charge in [0.1, 0.15) is 0 Å². The van der Waals surface area contributed by atoms with Crippen molar-refractivity contribution >= 4 is 17.6 Å². The molecule has 0 radical (unpaired) electrons. The van der Waals surface area contributed by atoms with E-state index in [2.05, 4.69) is 5.32 Å². The van der Waals surface area contributed by atoms with E-state index < -0.39 is 5.54 Å². The molecule has 0 aliphatic heterocycles. The SMILES string of the molecule is CCCN(OC)C(=O)NC(C)(C)c1ccccc1Cl. The van der Waals surface area contributed by atoms with Crippen molar-refractivity contribution in [2.24, 2.45) is 0 Å². The smallest absolute Gasteiger partial charge is 0.327 e. The van der Waals surface area contributed by atoms with Gasteiger partial charge in [-0.25, -0.2) is 9.86 Å². The summed E-state index contributed by atoms with van der Waals surface area (Å²) in [6.45, 7) is 6.34. The van der Waals surface area contributed by atoms with Crippen LogP contribution in [-0.4, -0.2) is 24.7 Å². The van der Waals surface area contributed by atoms with Crippen molar-refractivity contribution in [2.45, 2.75) is 32.7 Å². The summed E-state index contributed by atoms with van der Waals surface area (Å²) in [6.07, 6.45) is 0.827. The fourth-order valence-corrected chi connectivity index (χ4v) is 2.22. The number of carbonyl (C=O) groups excluding carboxylic acids is 1. The number of carbonyl (C=O) groups is 1. The summed E-state index contributed by atoms with van der Waals surface area (Å²) in [4.78, 5) is 17.2. The summed E-state index contributed by atoms with van der Waals surface area (Å²) in [6, 6.07) is 7.21. The number of amides is 2. The van der Waals surface area contributed by atoms with Crippen molar-refractivity contribution in [1.29, 1.82) is 0 Å². The molecule has 5 heteroatoms. The highest BCUT2D eigenvalue weighted by molar-refractivity contribution is 6.31. The average Bonchev–Trinajstić information content (AvgIpc) is 2.35. The monoisotopic (exact) mass is 284 g/mol. The van der Waals surface area contributed by atoms with E-state index in [1.54, 1.807) is 0 Å².